The number of nitrogens with zero attached hydrogens (tertiary/aromatic N) is 1. The van der Waals surface area contributed by atoms with Crippen molar-refractivity contribution in [2.45, 2.75) is 19.9 Å². The highest BCUT2D eigenvalue weighted by Gasteiger charge is 2.23. The zero-order valence-electron chi connectivity index (χ0n) is 14.1. The summed E-state index contributed by atoms with van der Waals surface area (Å²) in [4.78, 5) is 28.5. The molecule has 3 rings (SSSR count). The number of pyridine rings is 1. The molecule has 6 heteroatoms. The SMILES string of the molecule is COc1ccc2[nH]c(=O)c(CN3CCC(CNC(C)=O)C3)cc2c1. The van der Waals surface area contributed by atoms with E-state index in [1.165, 1.54) is 6.92 Å². The number of likely N-dealkylation sites (tertiary alicyclic amines) is 1. The van der Waals surface area contributed by atoms with Crippen molar-refractivity contribution in [3.05, 3.63) is 40.2 Å². The van der Waals surface area contributed by atoms with Crippen molar-refractivity contribution < 1.29 is 9.53 Å². The molecular weight excluding hydrogens is 306 g/mol. The number of hydrogen-bond acceptors (Lipinski definition) is 4. The lowest BCUT2D eigenvalue weighted by Gasteiger charge is -2.16. The summed E-state index contributed by atoms with van der Waals surface area (Å²) in [5.74, 6) is 1.24. The van der Waals surface area contributed by atoms with Crippen LogP contribution in [0.4, 0.5) is 0 Å². The van der Waals surface area contributed by atoms with Crippen molar-refractivity contribution in [1.29, 1.82) is 0 Å². The molecule has 1 atom stereocenters. The summed E-state index contributed by atoms with van der Waals surface area (Å²) in [5.41, 5.74) is 1.53. The number of H-pyrrole nitrogens is 1. The van der Waals surface area contributed by atoms with Crippen LogP contribution in [0.5, 0.6) is 5.75 Å². The van der Waals surface area contributed by atoms with Gasteiger partial charge >= 0.3 is 0 Å². The maximum atomic E-state index is 12.3. The fourth-order valence-corrected chi connectivity index (χ4v) is 3.23. The van der Waals surface area contributed by atoms with Crippen molar-refractivity contribution in [2.24, 2.45) is 5.92 Å². The number of rotatable bonds is 5. The summed E-state index contributed by atoms with van der Waals surface area (Å²) >= 11 is 0. The molecule has 0 aliphatic carbocycles. The molecule has 0 spiro atoms. The number of nitrogens with one attached hydrogen (secondary N) is 2. The van der Waals surface area contributed by atoms with Crippen LogP contribution in [0.1, 0.15) is 18.9 Å². The Kier molecular flexibility index (Phi) is 4.85. The van der Waals surface area contributed by atoms with Crippen LogP contribution >= 0.6 is 0 Å². The van der Waals surface area contributed by atoms with Crippen LogP contribution in [0, 0.1) is 5.92 Å². The monoisotopic (exact) mass is 329 g/mol. The molecule has 1 aromatic carbocycles. The predicted octanol–water partition coefficient (Wildman–Crippen LogP) is 1.49. The average molecular weight is 329 g/mol. The van der Waals surface area contributed by atoms with Gasteiger partial charge in [0.15, 0.2) is 0 Å². The van der Waals surface area contributed by atoms with Gasteiger partial charge in [0.2, 0.25) is 5.91 Å². The molecule has 24 heavy (non-hydrogen) atoms. The van der Waals surface area contributed by atoms with Gasteiger partial charge in [-0.1, -0.05) is 0 Å². The standard InChI is InChI=1S/C18H23N3O3/c1-12(22)19-9-13-5-6-21(10-13)11-15-7-14-8-16(24-2)3-4-17(14)20-18(15)23/h3-4,7-8,13H,5-6,9-11H2,1-2H3,(H,19,22)(H,20,23). The number of methoxy groups -OCH3 is 1. The van der Waals surface area contributed by atoms with Gasteiger partial charge in [-0.3, -0.25) is 14.5 Å². The van der Waals surface area contributed by atoms with E-state index in [4.69, 9.17) is 4.74 Å². The molecule has 0 bridgehead atoms. The molecule has 1 unspecified atom stereocenters. The second-order valence-electron chi connectivity index (χ2n) is 6.40. The Morgan fingerprint density at radius 1 is 1.42 bits per heavy atom. The zero-order chi connectivity index (χ0) is 17.1. The fourth-order valence-electron chi connectivity index (χ4n) is 3.23. The van der Waals surface area contributed by atoms with Crippen LogP contribution in [0.2, 0.25) is 0 Å². The first-order valence-corrected chi connectivity index (χ1v) is 8.22. The van der Waals surface area contributed by atoms with Crippen molar-refractivity contribution in [3.8, 4) is 5.75 Å². The molecule has 1 aromatic heterocycles. The molecule has 1 saturated heterocycles. The molecule has 0 radical (unpaired) electrons. The summed E-state index contributed by atoms with van der Waals surface area (Å²) in [7, 11) is 1.63. The molecule has 1 aliphatic rings. The average Bonchev–Trinajstić information content (AvgIpc) is 3.01. The Hall–Kier alpha value is -2.34. The lowest BCUT2D eigenvalue weighted by atomic mass is 10.1. The lowest BCUT2D eigenvalue weighted by Crippen LogP contribution is -2.30. The topological polar surface area (TPSA) is 74.4 Å². The predicted molar refractivity (Wildman–Crippen MR) is 93.2 cm³/mol. The first kappa shape index (κ1) is 16.5. The van der Waals surface area contributed by atoms with Gasteiger partial charge < -0.3 is 15.0 Å². The summed E-state index contributed by atoms with van der Waals surface area (Å²) < 4.78 is 5.25. The highest BCUT2D eigenvalue weighted by atomic mass is 16.5. The Balaban J connectivity index is 1.72. The molecule has 1 amide bonds. The van der Waals surface area contributed by atoms with E-state index in [1.54, 1.807) is 7.11 Å². The largest absolute Gasteiger partial charge is 0.497 e. The molecule has 1 aliphatic heterocycles. The van der Waals surface area contributed by atoms with E-state index in [9.17, 15) is 9.59 Å². The first-order chi connectivity index (χ1) is 11.5. The van der Waals surface area contributed by atoms with E-state index in [2.05, 4.69) is 15.2 Å². The van der Waals surface area contributed by atoms with Crippen LogP contribution < -0.4 is 15.6 Å². The highest BCUT2D eigenvalue weighted by molar-refractivity contribution is 5.80. The van der Waals surface area contributed by atoms with Gasteiger partial charge in [0.1, 0.15) is 5.75 Å². The maximum absolute atomic E-state index is 12.3. The number of aromatic nitrogens is 1. The van der Waals surface area contributed by atoms with E-state index in [-0.39, 0.29) is 11.5 Å². The molecular formula is C18H23N3O3. The van der Waals surface area contributed by atoms with Gasteiger partial charge in [0.05, 0.1) is 7.11 Å². The molecule has 2 aromatic rings. The van der Waals surface area contributed by atoms with Crippen LogP contribution in [-0.4, -0.2) is 42.5 Å². The fraction of sp³-hybridized carbons (Fsp3) is 0.444. The van der Waals surface area contributed by atoms with E-state index >= 15 is 0 Å². The summed E-state index contributed by atoms with van der Waals surface area (Å²) in [6.45, 7) is 4.71. The number of benzene rings is 1. The number of ether oxygens (including phenoxy) is 1. The quantitative estimate of drug-likeness (QED) is 0.872. The number of amides is 1. The van der Waals surface area contributed by atoms with Crippen molar-refractivity contribution in [2.75, 3.05) is 26.7 Å². The smallest absolute Gasteiger partial charge is 0.252 e. The number of fused-ring (bicyclic) bond motifs is 1. The normalized spacial score (nSPS) is 18.0. The van der Waals surface area contributed by atoms with Gasteiger partial charge in [-0.15, -0.1) is 0 Å². The van der Waals surface area contributed by atoms with Crippen LogP contribution in [0.25, 0.3) is 10.9 Å². The van der Waals surface area contributed by atoms with Gasteiger partial charge in [-0.25, -0.2) is 0 Å². The zero-order valence-corrected chi connectivity index (χ0v) is 14.1. The molecule has 1 fully saturated rings. The van der Waals surface area contributed by atoms with Crippen molar-refractivity contribution in [1.82, 2.24) is 15.2 Å². The van der Waals surface area contributed by atoms with E-state index in [0.717, 1.165) is 41.7 Å². The molecule has 6 nitrogen and oxygen atoms in total. The van der Waals surface area contributed by atoms with Gasteiger partial charge in [-0.2, -0.15) is 0 Å². The van der Waals surface area contributed by atoms with Gasteiger partial charge in [-0.05, 0) is 43.1 Å². The first-order valence-electron chi connectivity index (χ1n) is 8.22. The van der Waals surface area contributed by atoms with E-state index in [1.807, 2.05) is 24.3 Å². The minimum absolute atomic E-state index is 0.00775. The third-order valence-electron chi connectivity index (χ3n) is 4.53. The molecule has 0 saturated carbocycles. The Bertz CT molecular complexity index is 800. The summed E-state index contributed by atoms with van der Waals surface area (Å²) in [5, 5.41) is 3.84. The summed E-state index contributed by atoms with van der Waals surface area (Å²) in [6.07, 6.45) is 1.04. The van der Waals surface area contributed by atoms with Crippen LogP contribution in [0.15, 0.2) is 29.1 Å². The van der Waals surface area contributed by atoms with Gasteiger partial charge in [0.25, 0.3) is 5.56 Å². The Labute approximate surface area is 140 Å². The number of carbonyl (C=O) groups excluding carboxylic acids is 1. The summed E-state index contributed by atoms with van der Waals surface area (Å²) in [6, 6.07) is 7.57. The maximum Gasteiger partial charge on any atom is 0.252 e. The number of hydrogen-bond donors (Lipinski definition) is 2. The van der Waals surface area contributed by atoms with E-state index < -0.39 is 0 Å². The minimum atomic E-state index is -0.0435. The molecule has 128 valence electrons. The van der Waals surface area contributed by atoms with E-state index in [0.29, 0.717) is 19.0 Å². The molecule has 2 heterocycles. The number of aromatic amines is 1. The van der Waals surface area contributed by atoms with Crippen molar-refractivity contribution >= 4 is 16.8 Å². The Morgan fingerprint density at radius 2 is 2.25 bits per heavy atom. The van der Waals surface area contributed by atoms with Gasteiger partial charge in [0, 0.05) is 43.0 Å². The van der Waals surface area contributed by atoms with Crippen molar-refractivity contribution in [3.63, 3.8) is 0 Å². The lowest BCUT2D eigenvalue weighted by molar-refractivity contribution is -0.119. The Morgan fingerprint density at radius 3 is 3.00 bits per heavy atom. The second kappa shape index (κ2) is 7.05. The minimum Gasteiger partial charge on any atom is -0.497 e. The third kappa shape index (κ3) is 3.76. The third-order valence-corrected chi connectivity index (χ3v) is 4.53. The van der Waals surface area contributed by atoms with Crippen LogP contribution in [0.3, 0.4) is 0 Å². The molecule has 2 N–H and O–H groups in total. The van der Waals surface area contributed by atoms with Crippen LogP contribution in [-0.2, 0) is 11.3 Å². The number of carbonyl (C=O) groups is 1. The highest BCUT2D eigenvalue weighted by Crippen LogP contribution is 2.21. The second-order valence-corrected chi connectivity index (χ2v) is 6.40.